The zero-order chi connectivity index (χ0) is 16.8. The number of thioether (sulfide) groups is 1. The van der Waals surface area contributed by atoms with Crippen LogP contribution in [0.3, 0.4) is 0 Å². The summed E-state index contributed by atoms with van der Waals surface area (Å²) in [6.45, 7) is 4.47. The SMILES string of the molecule is Cc1cccc([C@@H](C(=O)NCCSc2n[nH]c(C)n2)N(C)C)c1. The van der Waals surface area contributed by atoms with Crippen LogP contribution in [-0.2, 0) is 4.79 Å². The number of carbonyl (C=O) groups is 1. The first kappa shape index (κ1) is 17.5. The van der Waals surface area contributed by atoms with Gasteiger partial charge in [0.1, 0.15) is 11.9 Å². The number of carbonyl (C=O) groups excluding carboxylic acids is 1. The van der Waals surface area contributed by atoms with E-state index in [1.54, 1.807) is 0 Å². The van der Waals surface area contributed by atoms with Crippen LogP contribution in [0.5, 0.6) is 0 Å². The van der Waals surface area contributed by atoms with Crippen LogP contribution in [0, 0.1) is 13.8 Å². The van der Waals surface area contributed by atoms with E-state index in [9.17, 15) is 4.79 Å². The van der Waals surface area contributed by atoms with Gasteiger partial charge >= 0.3 is 0 Å². The first-order valence-corrected chi connectivity index (χ1v) is 8.48. The lowest BCUT2D eigenvalue weighted by molar-refractivity contribution is -0.125. The molecule has 1 heterocycles. The predicted molar refractivity (Wildman–Crippen MR) is 92.5 cm³/mol. The molecule has 0 radical (unpaired) electrons. The Morgan fingerprint density at radius 1 is 1.39 bits per heavy atom. The second kappa shape index (κ2) is 8.12. The van der Waals surface area contributed by atoms with Gasteiger partial charge < -0.3 is 5.32 Å². The molecule has 0 aliphatic carbocycles. The van der Waals surface area contributed by atoms with Gasteiger partial charge in [0.2, 0.25) is 11.1 Å². The lowest BCUT2D eigenvalue weighted by Crippen LogP contribution is -2.38. The van der Waals surface area contributed by atoms with E-state index in [-0.39, 0.29) is 11.9 Å². The van der Waals surface area contributed by atoms with Gasteiger partial charge in [0.05, 0.1) is 0 Å². The van der Waals surface area contributed by atoms with Crippen molar-refractivity contribution in [1.82, 2.24) is 25.4 Å². The van der Waals surface area contributed by atoms with Crippen LogP contribution in [-0.4, -0.2) is 52.4 Å². The van der Waals surface area contributed by atoms with Crippen LogP contribution in [0.1, 0.15) is 23.0 Å². The van der Waals surface area contributed by atoms with E-state index in [1.807, 2.05) is 51.0 Å². The summed E-state index contributed by atoms with van der Waals surface area (Å²) in [5, 5.41) is 10.6. The average Bonchev–Trinajstić information content (AvgIpc) is 2.89. The monoisotopic (exact) mass is 333 g/mol. The van der Waals surface area contributed by atoms with Crippen molar-refractivity contribution in [2.24, 2.45) is 0 Å². The summed E-state index contributed by atoms with van der Waals surface area (Å²) >= 11 is 1.52. The molecule has 0 bridgehead atoms. The summed E-state index contributed by atoms with van der Waals surface area (Å²) < 4.78 is 0. The van der Waals surface area contributed by atoms with Crippen LogP contribution in [0.2, 0.25) is 0 Å². The molecule has 124 valence electrons. The fraction of sp³-hybridized carbons (Fsp3) is 0.438. The Hall–Kier alpha value is -1.86. The topological polar surface area (TPSA) is 73.9 Å². The van der Waals surface area contributed by atoms with Crippen LogP contribution in [0.25, 0.3) is 0 Å². The van der Waals surface area contributed by atoms with Crippen molar-refractivity contribution in [3.63, 3.8) is 0 Å². The van der Waals surface area contributed by atoms with Crippen molar-refractivity contribution in [3.8, 4) is 0 Å². The molecule has 0 saturated heterocycles. The molecule has 1 aromatic heterocycles. The number of H-pyrrole nitrogens is 1. The third kappa shape index (κ3) is 5.07. The zero-order valence-corrected chi connectivity index (χ0v) is 14.8. The Bertz CT molecular complexity index is 655. The van der Waals surface area contributed by atoms with Crippen molar-refractivity contribution in [2.45, 2.75) is 25.0 Å². The third-order valence-electron chi connectivity index (χ3n) is 3.33. The molecule has 1 aromatic carbocycles. The van der Waals surface area contributed by atoms with Gasteiger partial charge in [-0.15, -0.1) is 5.10 Å². The number of rotatable bonds is 7. The molecule has 0 aliphatic rings. The van der Waals surface area contributed by atoms with Gasteiger partial charge in [0.25, 0.3) is 0 Å². The summed E-state index contributed by atoms with van der Waals surface area (Å²) in [6.07, 6.45) is 0. The molecule has 1 atom stereocenters. The summed E-state index contributed by atoms with van der Waals surface area (Å²) in [5.41, 5.74) is 2.16. The highest BCUT2D eigenvalue weighted by Crippen LogP contribution is 2.19. The second-order valence-electron chi connectivity index (χ2n) is 5.62. The number of benzene rings is 1. The highest BCUT2D eigenvalue weighted by molar-refractivity contribution is 7.99. The molecule has 2 N–H and O–H groups in total. The molecular formula is C16H23N5OS. The van der Waals surface area contributed by atoms with E-state index in [0.717, 1.165) is 22.7 Å². The molecular weight excluding hydrogens is 310 g/mol. The maximum absolute atomic E-state index is 12.5. The van der Waals surface area contributed by atoms with Gasteiger partial charge in [-0.1, -0.05) is 41.6 Å². The molecule has 0 saturated carbocycles. The Morgan fingerprint density at radius 2 is 2.17 bits per heavy atom. The maximum Gasteiger partial charge on any atom is 0.241 e. The molecule has 0 aliphatic heterocycles. The average molecular weight is 333 g/mol. The molecule has 23 heavy (non-hydrogen) atoms. The number of hydrogen-bond acceptors (Lipinski definition) is 5. The minimum atomic E-state index is -0.286. The van der Waals surface area contributed by atoms with Crippen LogP contribution in [0.4, 0.5) is 0 Å². The predicted octanol–water partition coefficient (Wildman–Crippen LogP) is 1.93. The summed E-state index contributed by atoms with van der Waals surface area (Å²) in [5.74, 6) is 1.54. The minimum Gasteiger partial charge on any atom is -0.354 e. The normalized spacial score (nSPS) is 12.4. The number of nitrogens with one attached hydrogen (secondary N) is 2. The number of aromatic amines is 1. The maximum atomic E-state index is 12.5. The van der Waals surface area contributed by atoms with Crippen molar-refractivity contribution in [2.75, 3.05) is 26.4 Å². The van der Waals surface area contributed by atoms with E-state index in [4.69, 9.17) is 0 Å². The quantitative estimate of drug-likeness (QED) is 0.598. The van der Waals surface area contributed by atoms with Gasteiger partial charge in [0.15, 0.2) is 0 Å². The first-order chi connectivity index (χ1) is 11.0. The van der Waals surface area contributed by atoms with Crippen LogP contribution >= 0.6 is 11.8 Å². The molecule has 0 unspecified atom stereocenters. The summed E-state index contributed by atoms with van der Waals surface area (Å²) in [4.78, 5) is 18.7. The number of hydrogen-bond donors (Lipinski definition) is 2. The number of nitrogens with zero attached hydrogens (tertiary/aromatic N) is 3. The van der Waals surface area contributed by atoms with Gasteiger partial charge in [0, 0.05) is 12.3 Å². The lowest BCUT2D eigenvalue weighted by Gasteiger charge is -2.24. The summed E-state index contributed by atoms with van der Waals surface area (Å²) in [7, 11) is 3.83. The highest BCUT2D eigenvalue weighted by Gasteiger charge is 2.22. The van der Waals surface area contributed by atoms with E-state index >= 15 is 0 Å². The third-order valence-corrected chi connectivity index (χ3v) is 4.18. The molecule has 1 amide bonds. The molecule has 2 aromatic rings. The molecule has 6 nitrogen and oxygen atoms in total. The van der Waals surface area contributed by atoms with Crippen LogP contribution in [0.15, 0.2) is 29.4 Å². The number of likely N-dealkylation sites (N-methyl/N-ethyl adjacent to an activating group) is 1. The van der Waals surface area contributed by atoms with E-state index in [1.165, 1.54) is 11.8 Å². The Morgan fingerprint density at radius 3 is 2.78 bits per heavy atom. The van der Waals surface area contributed by atoms with Gasteiger partial charge in [-0.3, -0.25) is 14.8 Å². The van der Waals surface area contributed by atoms with Gasteiger partial charge in [-0.2, -0.15) is 0 Å². The molecule has 2 rings (SSSR count). The zero-order valence-electron chi connectivity index (χ0n) is 14.0. The Kier molecular flexibility index (Phi) is 6.18. The molecule has 0 fully saturated rings. The highest BCUT2D eigenvalue weighted by atomic mass is 32.2. The number of amides is 1. The number of aromatic nitrogens is 3. The fourth-order valence-electron chi connectivity index (χ4n) is 2.32. The van der Waals surface area contributed by atoms with Crippen LogP contribution < -0.4 is 5.32 Å². The standard InChI is InChI=1S/C16H23N5OS/c1-11-6-5-7-13(10-11)14(21(3)4)15(22)17-8-9-23-16-18-12(2)19-20-16/h5-7,10,14H,8-9H2,1-4H3,(H,17,22)(H,18,19,20)/t14-/m0/s1. The minimum absolute atomic E-state index is 0.00682. The van der Waals surface area contributed by atoms with Gasteiger partial charge in [-0.25, -0.2) is 4.98 Å². The Balaban J connectivity index is 1.88. The van der Waals surface area contributed by atoms with Crippen molar-refractivity contribution < 1.29 is 4.79 Å². The smallest absolute Gasteiger partial charge is 0.241 e. The Labute approximate surface area is 141 Å². The largest absolute Gasteiger partial charge is 0.354 e. The van der Waals surface area contributed by atoms with E-state index < -0.39 is 0 Å². The second-order valence-corrected chi connectivity index (χ2v) is 6.69. The number of aryl methyl sites for hydroxylation is 2. The lowest BCUT2D eigenvalue weighted by atomic mass is 10.0. The van der Waals surface area contributed by atoms with Crippen molar-refractivity contribution in [1.29, 1.82) is 0 Å². The van der Waals surface area contributed by atoms with E-state index in [0.29, 0.717) is 11.7 Å². The van der Waals surface area contributed by atoms with E-state index in [2.05, 4.69) is 26.6 Å². The van der Waals surface area contributed by atoms with Crippen molar-refractivity contribution in [3.05, 3.63) is 41.2 Å². The summed E-state index contributed by atoms with van der Waals surface area (Å²) in [6, 6.07) is 7.77. The molecule has 0 spiro atoms. The first-order valence-electron chi connectivity index (χ1n) is 7.50. The fourth-order valence-corrected chi connectivity index (χ4v) is 3.02. The molecule has 7 heteroatoms. The van der Waals surface area contributed by atoms with Gasteiger partial charge in [-0.05, 0) is 33.5 Å². The van der Waals surface area contributed by atoms with Crippen molar-refractivity contribution >= 4 is 17.7 Å².